The lowest BCUT2D eigenvalue weighted by molar-refractivity contribution is 0.0114. The molecule has 2 rings (SSSR count). The van der Waals surface area contributed by atoms with E-state index in [1.54, 1.807) is 0 Å². The Morgan fingerprint density at radius 2 is 1.95 bits per heavy atom. The molecule has 1 aliphatic heterocycles. The molecule has 1 fully saturated rings. The fourth-order valence-corrected chi connectivity index (χ4v) is 2.44. The molecule has 0 aliphatic carbocycles. The Labute approximate surface area is 116 Å². The first-order valence-corrected chi connectivity index (χ1v) is 7.25. The molecule has 4 nitrogen and oxygen atoms in total. The molecule has 0 saturated carbocycles. The standard InChI is InChI=1S/C15H26N2O2/c1-12(2)10-16-11-14(15-5-4-13(3)19-15)17-6-8-18-9-7-17/h4-5,12,14,16H,6-11H2,1-3H3. The van der Waals surface area contributed by atoms with Gasteiger partial charge in [-0.1, -0.05) is 13.8 Å². The molecule has 1 aromatic rings. The Kier molecular flexibility index (Phi) is 5.43. The van der Waals surface area contributed by atoms with Gasteiger partial charge in [0.05, 0.1) is 19.3 Å². The van der Waals surface area contributed by atoms with Crippen molar-refractivity contribution in [1.82, 2.24) is 10.2 Å². The Morgan fingerprint density at radius 1 is 1.21 bits per heavy atom. The van der Waals surface area contributed by atoms with Gasteiger partial charge in [0.25, 0.3) is 0 Å². The minimum absolute atomic E-state index is 0.316. The van der Waals surface area contributed by atoms with Crippen LogP contribution in [0, 0.1) is 12.8 Å². The molecule has 19 heavy (non-hydrogen) atoms. The second-order valence-corrected chi connectivity index (χ2v) is 5.66. The van der Waals surface area contributed by atoms with Crippen molar-refractivity contribution in [3.05, 3.63) is 23.7 Å². The van der Waals surface area contributed by atoms with Crippen LogP contribution in [0.15, 0.2) is 16.5 Å². The van der Waals surface area contributed by atoms with E-state index in [0.717, 1.165) is 50.9 Å². The highest BCUT2D eigenvalue weighted by molar-refractivity contribution is 5.10. The molecular weight excluding hydrogens is 240 g/mol. The fourth-order valence-electron chi connectivity index (χ4n) is 2.44. The van der Waals surface area contributed by atoms with Crippen LogP contribution >= 0.6 is 0 Å². The van der Waals surface area contributed by atoms with Crippen LogP contribution in [0.4, 0.5) is 0 Å². The van der Waals surface area contributed by atoms with Crippen LogP contribution in [0.3, 0.4) is 0 Å². The van der Waals surface area contributed by atoms with Gasteiger partial charge < -0.3 is 14.5 Å². The molecule has 1 atom stereocenters. The predicted molar refractivity (Wildman–Crippen MR) is 76.3 cm³/mol. The van der Waals surface area contributed by atoms with Crippen molar-refractivity contribution in [1.29, 1.82) is 0 Å². The average Bonchev–Trinajstić information content (AvgIpc) is 2.82. The lowest BCUT2D eigenvalue weighted by Gasteiger charge is -2.33. The molecule has 108 valence electrons. The molecule has 4 heteroatoms. The van der Waals surface area contributed by atoms with Gasteiger partial charge in [-0.25, -0.2) is 0 Å². The summed E-state index contributed by atoms with van der Waals surface area (Å²) >= 11 is 0. The largest absolute Gasteiger partial charge is 0.465 e. The first-order chi connectivity index (χ1) is 9.16. The number of hydrogen-bond donors (Lipinski definition) is 1. The molecule has 1 N–H and O–H groups in total. The van der Waals surface area contributed by atoms with Crippen molar-refractivity contribution in [2.24, 2.45) is 5.92 Å². The van der Waals surface area contributed by atoms with Gasteiger partial charge in [0, 0.05) is 19.6 Å². The number of furan rings is 1. The van der Waals surface area contributed by atoms with E-state index >= 15 is 0 Å². The highest BCUT2D eigenvalue weighted by Crippen LogP contribution is 2.23. The Morgan fingerprint density at radius 3 is 2.53 bits per heavy atom. The van der Waals surface area contributed by atoms with E-state index in [9.17, 15) is 0 Å². The van der Waals surface area contributed by atoms with Crippen LogP contribution < -0.4 is 5.32 Å². The highest BCUT2D eigenvalue weighted by Gasteiger charge is 2.24. The van der Waals surface area contributed by atoms with Gasteiger partial charge in [-0.2, -0.15) is 0 Å². The number of hydrogen-bond acceptors (Lipinski definition) is 4. The van der Waals surface area contributed by atoms with E-state index in [1.165, 1.54) is 0 Å². The monoisotopic (exact) mass is 266 g/mol. The van der Waals surface area contributed by atoms with Gasteiger partial charge in [-0.05, 0) is 31.5 Å². The minimum Gasteiger partial charge on any atom is -0.465 e. The van der Waals surface area contributed by atoms with Gasteiger partial charge in [0.1, 0.15) is 11.5 Å². The first-order valence-electron chi connectivity index (χ1n) is 7.25. The summed E-state index contributed by atoms with van der Waals surface area (Å²) < 4.78 is 11.3. The van der Waals surface area contributed by atoms with Gasteiger partial charge in [0.15, 0.2) is 0 Å². The Hall–Kier alpha value is -0.840. The topological polar surface area (TPSA) is 37.6 Å². The molecule has 2 heterocycles. The van der Waals surface area contributed by atoms with Crippen LogP contribution in [0.5, 0.6) is 0 Å². The summed E-state index contributed by atoms with van der Waals surface area (Å²) in [7, 11) is 0. The maximum Gasteiger partial charge on any atom is 0.122 e. The van der Waals surface area contributed by atoms with Crippen molar-refractivity contribution >= 4 is 0 Å². The summed E-state index contributed by atoms with van der Waals surface area (Å²) in [6.07, 6.45) is 0. The summed E-state index contributed by atoms with van der Waals surface area (Å²) in [5, 5.41) is 3.55. The van der Waals surface area contributed by atoms with E-state index < -0.39 is 0 Å². The normalized spacial score (nSPS) is 18.9. The molecular formula is C15H26N2O2. The highest BCUT2D eigenvalue weighted by atomic mass is 16.5. The number of rotatable bonds is 6. The first kappa shape index (κ1) is 14.6. The molecule has 0 aromatic carbocycles. The summed E-state index contributed by atoms with van der Waals surface area (Å²) in [5.41, 5.74) is 0. The van der Waals surface area contributed by atoms with E-state index in [4.69, 9.17) is 9.15 Å². The zero-order valence-electron chi connectivity index (χ0n) is 12.3. The lowest BCUT2D eigenvalue weighted by Crippen LogP contribution is -2.43. The van der Waals surface area contributed by atoms with Crippen LogP contribution in [0.1, 0.15) is 31.4 Å². The van der Waals surface area contributed by atoms with Crippen LogP contribution in [0.25, 0.3) is 0 Å². The van der Waals surface area contributed by atoms with E-state index in [2.05, 4.69) is 30.1 Å². The summed E-state index contributed by atoms with van der Waals surface area (Å²) in [6.45, 7) is 12.0. The summed E-state index contributed by atoms with van der Waals surface area (Å²) in [4.78, 5) is 2.45. The molecule has 1 saturated heterocycles. The van der Waals surface area contributed by atoms with Crippen molar-refractivity contribution < 1.29 is 9.15 Å². The number of aryl methyl sites for hydroxylation is 1. The van der Waals surface area contributed by atoms with Crippen molar-refractivity contribution in [3.8, 4) is 0 Å². The van der Waals surface area contributed by atoms with E-state index in [0.29, 0.717) is 12.0 Å². The summed E-state index contributed by atoms with van der Waals surface area (Å²) in [6, 6.07) is 4.47. The lowest BCUT2D eigenvalue weighted by atomic mass is 10.1. The minimum atomic E-state index is 0.316. The molecule has 1 unspecified atom stereocenters. The van der Waals surface area contributed by atoms with Crippen molar-refractivity contribution in [3.63, 3.8) is 0 Å². The fraction of sp³-hybridized carbons (Fsp3) is 0.733. The average molecular weight is 266 g/mol. The van der Waals surface area contributed by atoms with E-state index in [-0.39, 0.29) is 0 Å². The Bertz CT molecular complexity index is 370. The van der Waals surface area contributed by atoms with Crippen LogP contribution in [-0.4, -0.2) is 44.3 Å². The van der Waals surface area contributed by atoms with Gasteiger partial charge >= 0.3 is 0 Å². The number of morpholine rings is 1. The van der Waals surface area contributed by atoms with Gasteiger partial charge in [0.2, 0.25) is 0 Å². The molecule has 0 amide bonds. The molecule has 1 aromatic heterocycles. The zero-order valence-corrected chi connectivity index (χ0v) is 12.3. The third-order valence-electron chi connectivity index (χ3n) is 3.47. The SMILES string of the molecule is Cc1ccc(C(CNCC(C)C)N2CCOCC2)o1. The summed E-state index contributed by atoms with van der Waals surface area (Å²) in [5.74, 6) is 2.72. The Balaban J connectivity index is 1.99. The molecule has 0 bridgehead atoms. The third kappa shape index (κ3) is 4.34. The number of ether oxygens (including phenoxy) is 1. The maximum atomic E-state index is 5.83. The third-order valence-corrected chi connectivity index (χ3v) is 3.47. The number of nitrogens with one attached hydrogen (secondary N) is 1. The second kappa shape index (κ2) is 7.08. The quantitative estimate of drug-likeness (QED) is 0.856. The molecule has 0 spiro atoms. The molecule has 1 aliphatic rings. The zero-order chi connectivity index (χ0) is 13.7. The van der Waals surface area contributed by atoms with Crippen molar-refractivity contribution in [2.75, 3.05) is 39.4 Å². The molecule has 0 radical (unpaired) electrons. The van der Waals surface area contributed by atoms with Gasteiger partial charge in [-0.3, -0.25) is 4.90 Å². The van der Waals surface area contributed by atoms with Crippen molar-refractivity contribution in [2.45, 2.75) is 26.8 Å². The number of nitrogens with zero attached hydrogens (tertiary/aromatic N) is 1. The second-order valence-electron chi connectivity index (χ2n) is 5.66. The van der Waals surface area contributed by atoms with Crippen LogP contribution in [0.2, 0.25) is 0 Å². The van der Waals surface area contributed by atoms with E-state index in [1.807, 2.05) is 13.0 Å². The van der Waals surface area contributed by atoms with Crippen LogP contribution in [-0.2, 0) is 4.74 Å². The smallest absolute Gasteiger partial charge is 0.122 e. The maximum absolute atomic E-state index is 5.83. The predicted octanol–water partition coefficient (Wildman–Crippen LogP) is 2.21. The van der Waals surface area contributed by atoms with Gasteiger partial charge in [-0.15, -0.1) is 0 Å².